The van der Waals surface area contributed by atoms with Gasteiger partial charge in [0.25, 0.3) is 0 Å². The van der Waals surface area contributed by atoms with E-state index in [-0.39, 0.29) is 5.82 Å². The lowest BCUT2D eigenvalue weighted by atomic mass is 10.0. The summed E-state index contributed by atoms with van der Waals surface area (Å²) in [5.41, 5.74) is 7.20. The summed E-state index contributed by atoms with van der Waals surface area (Å²) in [4.78, 5) is 2.11. The van der Waals surface area contributed by atoms with Crippen molar-refractivity contribution in [3.8, 4) is 0 Å². The Morgan fingerprint density at radius 2 is 2.06 bits per heavy atom. The molecule has 0 bridgehead atoms. The molecule has 2 aliphatic heterocycles. The van der Waals surface area contributed by atoms with Gasteiger partial charge >= 0.3 is 0 Å². The van der Waals surface area contributed by atoms with Gasteiger partial charge in [-0.1, -0.05) is 0 Å². The average Bonchev–Trinajstić information content (AvgIpc) is 2.77. The maximum absolute atomic E-state index is 13.1. The second kappa shape index (κ2) is 4.40. The third-order valence-electron chi connectivity index (χ3n) is 3.56. The minimum atomic E-state index is -0.487. The Kier molecular flexibility index (Phi) is 2.87. The molecule has 0 atom stereocenters. The molecule has 2 saturated heterocycles. The first-order valence-corrected chi connectivity index (χ1v) is 6.26. The second-order valence-corrected chi connectivity index (χ2v) is 4.84. The second-order valence-electron chi connectivity index (χ2n) is 4.84. The summed E-state index contributed by atoms with van der Waals surface area (Å²) >= 11 is 0. The molecule has 2 N–H and O–H groups in total. The van der Waals surface area contributed by atoms with Crippen LogP contribution in [0.4, 0.5) is 15.8 Å². The van der Waals surface area contributed by atoms with Crippen molar-refractivity contribution in [3.05, 3.63) is 24.0 Å². The van der Waals surface area contributed by atoms with Crippen LogP contribution in [0, 0.1) is 5.82 Å². The molecule has 3 rings (SSSR count). The molecule has 98 valence electrons. The number of anilines is 2. The van der Waals surface area contributed by atoms with Gasteiger partial charge in [0.15, 0.2) is 5.79 Å². The first kappa shape index (κ1) is 11.7. The van der Waals surface area contributed by atoms with E-state index in [4.69, 9.17) is 15.2 Å². The Morgan fingerprint density at radius 3 is 2.78 bits per heavy atom. The van der Waals surface area contributed by atoms with Crippen LogP contribution >= 0.6 is 0 Å². The average molecular weight is 252 g/mol. The van der Waals surface area contributed by atoms with Crippen LogP contribution < -0.4 is 10.6 Å². The van der Waals surface area contributed by atoms with Crippen molar-refractivity contribution >= 4 is 11.4 Å². The number of hydrogen-bond acceptors (Lipinski definition) is 4. The minimum Gasteiger partial charge on any atom is -0.397 e. The molecule has 0 unspecified atom stereocenters. The van der Waals surface area contributed by atoms with Crippen molar-refractivity contribution in [2.45, 2.75) is 18.6 Å². The molecule has 0 radical (unpaired) electrons. The highest BCUT2D eigenvalue weighted by atomic mass is 19.1. The molecule has 0 aliphatic carbocycles. The third kappa shape index (κ3) is 2.04. The van der Waals surface area contributed by atoms with Crippen LogP contribution in [-0.2, 0) is 9.47 Å². The molecular weight excluding hydrogens is 235 g/mol. The fraction of sp³-hybridized carbons (Fsp3) is 0.538. The molecule has 2 aliphatic rings. The summed E-state index contributed by atoms with van der Waals surface area (Å²) in [6.07, 6.45) is 1.89. The predicted molar refractivity (Wildman–Crippen MR) is 66.9 cm³/mol. The highest BCUT2D eigenvalue weighted by Gasteiger charge is 2.41. The number of rotatable bonds is 1. The Hall–Kier alpha value is -1.33. The van der Waals surface area contributed by atoms with Gasteiger partial charge in [-0.2, -0.15) is 0 Å². The van der Waals surface area contributed by atoms with E-state index in [0.29, 0.717) is 25.4 Å². The molecule has 5 heteroatoms. The van der Waals surface area contributed by atoms with Gasteiger partial charge in [-0.05, 0) is 24.6 Å². The number of nitrogens with two attached hydrogens (primary N) is 1. The van der Waals surface area contributed by atoms with Gasteiger partial charge in [0.05, 0.1) is 31.1 Å². The Morgan fingerprint density at radius 1 is 1.28 bits per heavy atom. The van der Waals surface area contributed by atoms with Gasteiger partial charge < -0.3 is 20.1 Å². The number of hydrogen-bond donors (Lipinski definition) is 1. The lowest BCUT2D eigenvalue weighted by Gasteiger charge is -2.40. The summed E-state index contributed by atoms with van der Waals surface area (Å²) in [6.45, 7) is 2.84. The van der Waals surface area contributed by atoms with E-state index in [2.05, 4.69) is 4.90 Å². The summed E-state index contributed by atoms with van der Waals surface area (Å²) in [5.74, 6) is -0.796. The zero-order valence-electron chi connectivity index (χ0n) is 10.2. The molecule has 1 aromatic carbocycles. The summed E-state index contributed by atoms with van der Waals surface area (Å²) in [5, 5.41) is 0. The Balaban J connectivity index is 1.83. The van der Waals surface area contributed by atoms with E-state index in [0.717, 1.165) is 25.1 Å². The molecule has 1 spiro atoms. The van der Waals surface area contributed by atoms with Gasteiger partial charge in [-0.15, -0.1) is 0 Å². The first-order chi connectivity index (χ1) is 8.69. The van der Waals surface area contributed by atoms with Gasteiger partial charge in [0, 0.05) is 13.0 Å². The summed E-state index contributed by atoms with van der Waals surface area (Å²) < 4.78 is 24.5. The first-order valence-electron chi connectivity index (χ1n) is 6.26. The van der Waals surface area contributed by atoms with Crippen LogP contribution in [0.25, 0.3) is 0 Å². The lowest BCUT2D eigenvalue weighted by molar-refractivity contribution is -0.161. The van der Waals surface area contributed by atoms with E-state index >= 15 is 0 Å². The van der Waals surface area contributed by atoms with E-state index in [9.17, 15) is 4.39 Å². The molecule has 0 aromatic heterocycles. The van der Waals surface area contributed by atoms with Crippen molar-refractivity contribution in [2.75, 3.05) is 36.9 Å². The topological polar surface area (TPSA) is 47.7 Å². The van der Waals surface area contributed by atoms with E-state index in [1.54, 1.807) is 6.07 Å². The predicted octanol–water partition coefficient (Wildman–Crippen LogP) is 1.75. The highest BCUT2D eigenvalue weighted by Crippen LogP contribution is 2.34. The van der Waals surface area contributed by atoms with Crippen LogP contribution in [0.15, 0.2) is 18.2 Å². The Bertz CT molecular complexity index is 447. The molecule has 1 aromatic rings. The van der Waals surface area contributed by atoms with Crippen LogP contribution in [0.1, 0.15) is 12.8 Å². The molecule has 2 fully saturated rings. The molecule has 18 heavy (non-hydrogen) atoms. The highest BCUT2D eigenvalue weighted by molar-refractivity contribution is 5.67. The molecular formula is C13H17FN2O2. The monoisotopic (exact) mass is 252 g/mol. The molecule has 0 saturated carbocycles. The van der Waals surface area contributed by atoms with Gasteiger partial charge in [-0.3, -0.25) is 0 Å². The number of ether oxygens (including phenoxy) is 2. The molecule has 0 amide bonds. The zero-order chi connectivity index (χ0) is 12.6. The lowest BCUT2D eigenvalue weighted by Crippen LogP contribution is -2.49. The van der Waals surface area contributed by atoms with E-state index < -0.39 is 5.79 Å². The number of nitrogen functional groups attached to an aromatic ring is 1. The Labute approximate surface area is 105 Å². The van der Waals surface area contributed by atoms with Crippen LogP contribution in [-0.4, -0.2) is 32.1 Å². The quantitative estimate of drug-likeness (QED) is 0.774. The van der Waals surface area contributed by atoms with Crippen molar-refractivity contribution < 1.29 is 13.9 Å². The smallest absolute Gasteiger partial charge is 0.186 e. The summed E-state index contributed by atoms with van der Waals surface area (Å²) in [6, 6.07) is 4.51. The SMILES string of the molecule is Nc1cc(F)ccc1N1CCCC2(C1)OCCO2. The van der Waals surface area contributed by atoms with Crippen molar-refractivity contribution in [1.29, 1.82) is 0 Å². The fourth-order valence-corrected chi connectivity index (χ4v) is 2.74. The van der Waals surface area contributed by atoms with Crippen LogP contribution in [0.2, 0.25) is 0 Å². The fourth-order valence-electron chi connectivity index (χ4n) is 2.74. The van der Waals surface area contributed by atoms with Crippen molar-refractivity contribution in [2.24, 2.45) is 0 Å². The molecule has 2 heterocycles. The maximum Gasteiger partial charge on any atom is 0.186 e. The van der Waals surface area contributed by atoms with Crippen molar-refractivity contribution in [1.82, 2.24) is 0 Å². The van der Waals surface area contributed by atoms with E-state index in [1.807, 2.05) is 0 Å². The standard InChI is InChI=1S/C13H17FN2O2/c14-10-2-3-12(11(15)8-10)16-5-1-4-13(9-16)17-6-7-18-13/h2-3,8H,1,4-7,9,15H2. The maximum atomic E-state index is 13.1. The van der Waals surface area contributed by atoms with Gasteiger partial charge in [0.2, 0.25) is 0 Å². The van der Waals surface area contributed by atoms with Crippen LogP contribution in [0.5, 0.6) is 0 Å². The van der Waals surface area contributed by atoms with Gasteiger partial charge in [-0.25, -0.2) is 4.39 Å². The minimum absolute atomic E-state index is 0.309. The summed E-state index contributed by atoms with van der Waals surface area (Å²) in [7, 11) is 0. The van der Waals surface area contributed by atoms with Crippen LogP contribution in [0.3, 0.4) is 0 Å². The third-order valence-corrected chi connectivity index (χ3v) is 3.56. The normalized spacial score (nSPS) is 22.6. The van der Waals surface area contributed by atoms with E-state index in [1.165, 1.54) is 12.1 Å². The molecule has 4 nitrogen and oxygen atoms in total. The number of halogens is 1. The number of benzene rings is 1. The number of piperidine rings is 1. The van der Waals surface area contributed by atoms with Crippen molar-refractivity contribution in [3.63, 3.8) is 0 Å². The zero-order valence-corrected chi connectivity index (χ0v) is 10.2. The largest absolute Gasteiger partial charge is 0.397 e. The number of nitrogens with zero attached hydrogens (tertiary/aromatic N) is 1. The van der Waals surface area contributed by atoms with Gasteiger partial charge in [0.1, 0.15) is 5.82 Å².